The van der Waals surface area contributed by atoms with Crippen LogP contribution in [0.25, 0.3) is 0 Å². The maximum Gasteiger partial charge on any atom is 0.290 e. The van der Waals surface area contributed by atoms with Crippen LogP contribution in [0.15, 0.2) is 0 Å². The van der Waals surface area contributed by atoms with Crippen LogP contribution in [0.2, 0.25) is 0 Å². The molecular formula is C11H25N3O2. The van der Waals surface area contributed by atoms with Gasteiger partial charge in [0.2, 0.25) is 0 Å². The molecule has 0 saturated carbocycles. The van der Waals surface area contributed by atoms with Crippen LogP contribution in [0, 0.1) is 0 Å². The van der Waals surface area contributed by atoms with Gasteiger partial charge in [0.25, 0.3) is 6.47 Å². The first-order valence-electron chi connectivity index (χ1n) is 6.20. The number of hydrogen-bond acceptors (Lipinski definition) is 4. The summed E-state index contributed by atoms with van der Waals surface area (Å²) in [6.07, 6.45) is 11.0. The normalized spacial score (nSPS) is 20.2. The zero-order chi connectivity index (χ0) is 11.9. The fourth-order valence-electron chi connectivity index (χ4n) is 1.67. The summed E-state index contributed by atoms with van der Waals surface area (Å²) in [6.45, 7) is 1.90. The van der Waals surface area contributed by atoms with Crippen molar-refractivity contribution in [1.82, 2.24) is 16.4 Å². The van der Waals surface area contributed by atoms with Crippen LogP contribution in [0.4, 0.5) is 0 Å². The van der Waals surface area contributed by atoms with Crippen molar-refractivity contribution in [3.8, 4) is 0 Å². The molecule has 0 spiro atoms. The summed E-state index contributed by atoms with van der Waals surface area (Å²) in [6, 6.07) is 0. The third-order valence-electron chi connectivity index (χ3n) is 2.53. The SMILES string of the molecule is C1CCCCCNNNCCCC1.O=CO. The van der Waals surface area contributed by atoms with E-state index in [4.69, 9.17) is 9.90 Å². The highest BCUT2D eigenvalue weighted by Gasteiger charge is 1.94. The molecule has 16 heavy (non-hydrogen) atoms. The second-order valence-electron chi connectivity index (χ2n) is 3.91. The molecule has 1 fully saturated rings. The van der Waals surface area contributed by atoms with Crippen LogP contribution in [-0.4, -0.2) is 24.7 Å². The van der Waals surface area contributed by atoms with Crippen molar-refractivity contribution in [2.45, 2.75) is 51.4 Å². The van der Waals surface area contributed by atoms with Crippen molar-refractivity contribution in [2.75, 3.05) is 13.1 Å². The Bertz CT molecular complexity index is 97.1. The van der Waals surface area contributed by atoms with E-state index >= 15 is 0 Å². The van der Waals surface area contributed by atoms with E-state index in [1.54, 1.807) is 0 Å². The lowest BCUT2D eigenvalue weighted by atomic mass is 10.1. The first-order chi connectivity index (χ1) is 7.91. The van der Waals surface area contributed by atoms with Crippen LogP contribution in [-0.2, 0) is 4.79 Å². The fourth-order valence-corrected chi connectivity index (χ4v) is 1.67. The minimum absolute atomic E-state index is 0.250. The molecule has 0 aromatic rings. The van der Waals surface area contributed by atoms with Gasteiger partial charge in [-0.25, -0.2) is 10.9 Å². The van der Waals surface area contributed by atoms with E-state index in [-0.39, 0.29) is 6.47 Å². The van der Waals surface area contributed by atoms with Crippen LogP contribution < -0.4 is 16.4 Å². The van der Waals surface area contributed by atoms with Crippen molar-refractivity contribution in [3.63, 3.8) is 0 Å². The lowest BCUT2D eigenvalue weighted by Crippen LogP contribution is -2.44. The monoisotopic (exact) mass is 231 g/mol. The third kappa shape index (κ3) is 13.4. The highest BCUT2D eigenvalue weighted by Crippen LogP contribution is 2.07. The molecule has 0 amide bonds. The Morgan fingerprint density at radius 1 is 0.750 bits per heavy atom. The van der Waals surface area contributed by atoms with Crippen LogP contribution >= 0.6 is 0 Å². The van der Waals surface area contributed by atoms with Crippen LogP contribution in [0.1, 0.15) is 51.4 Å². The van der Waals surface area contributed by atoms with Gasteiger partial charge >= 0.3 is 0 Å². The van der Waals surface area contributed by atoms with E-state index in [9.17, 15) is 0 Å². The summed E-state index contributed by atoms with van der Waals surface area (Å²) in [5.41, 5.74) is 9.35. The van der Waals surface area contributed by atoms with Crippen LogP contribution in [0.3, 0.4) is 0 Å². The Morgan fingerprint density at radius 3 is 1.44 bits per heavy atom. The standard InChI is InChI=1S/C10H23N3.CH2O2/c1-2-4-6-8-10-12-13-11-9-7-5-3-1;2-1-3/h11-13H,1-10H2;1H,(H,2,3). The van der Waals surface area contributed by atoms with Crippen molar-refractivity contribution in [2.24, 2.45) is 0 Å². The van der Waals surface area contributed by atoms with Crippen molar-refractivity contribution in [1.29, 1.82) is 0 Å². The lowest BCUT2D eigenvalue weighted by Gasteiger charge is -2.07. The maximum absolute atomic E-state index is 8.36. The predicted molar refractivity (Wildman–Crippen MR) is 64.8 cm³/mol. The van der Waals surface area contributed by atoms with E-state index in [1.807, 2.05) is 0 Å². The number of carbonyl (C=O) groups is 1. The quantitative estimate of drug-likeness (QED) is 0.475. The minimum atomic E-state index is -0.250. The lowest BCUT2D eigenvalue weighted by molar-refractivity contribution is -0.122. The second-order valence-corrected chi connectivity index (χ2v) is 3.91. The smallest absolute Gasteiger partial charge is 0.290 e. The molecule has 1 aliphatic rings. The molecule has 1 rings (SSSR count). The Kier molecular flexibility index (Phi) is 13.8. The molecule has 1 aliphatic heterocycles. The molecule has 0 bridgehead atoms. The van der Waals surface area contributed by atoms with E-state index in [0.717, 1.165) is 13.1 Å². The molecule has 5 heteroatoms. The molecule has 0 aromatic heterocycles. The molecule has 0 aromatic carbocycles. The van der Waals surface area contributed by atoms with Gasteiger partial charge < -0.3 is 5.11 Å². The van der Waals surface area contributed by atoms with E-state index in [2.05, 4.69) is 16.4 Å². The zero-order valence-corrected chi connectivity index (χ0v) is 10.0. The van der Waals surface area contributed by atoms with E-state index in [1.165, 1.54) is 51.4 Å². The van der Waals surface area contributed by atoms with Gasteiger partial charge in [0, 0.05) is 13.1 Å². The molecule has 0 aliphatic carbocycles. The van der Waals surface area contributed by atoms with Crippen molar-refractivity contribution in [3.05, 3.63) is 0 Å². The summed E-state index contributed by atoms with van der Waals surface area (Å²) in [4.78, 5) is 8.36. The van der Waals surface area contributed by atoms with Gasteiger partial charge in [-0.15, -0.1) is 0 Å². The fraction of sp³-hybridized carbons (Fsp3) is 0.909. The molecule has 0 unspecified atom stereocenters. The maximum atomic E-state index is 8.36. The van der Waals surface area contributed by atoms with Crippen molar-refractivity contribution >= 4 is 6.47 Å². The first-order valence-corrected chi connectivity index (χ1v) is 6.20. The zero-order valence-electron chi connectivity index (χ0n) is 10.0. The Hall–Kier alpha value is -0.650. The van der Waals surface area contributed by atoms with Crippen LogP contribution in [0.5, 0.6) is 0 Å². The highest BCUT2D eigenvalue weighted by molar-refractivity contribution is 5.32. The summed E-state index contributed by atoms with van der Waals surface area (Å²) in [5, 5.41) is 6.89. The highest BCUT2D eigenvalue weighted by atomic mass is 16.3. The summed E-state index contributed by atoms with van der Waals surface area (Å²) in [7, 11) is 0. The third-order valence-corrected chi connectivity index (χ3v) is 2.53. The van der Waals surface area contributed by atoms with Gasteiger partial charge in [-0.05, 0) is 12.8 Å². The molecular weight excluding hydrogens is 206 g/mol. The van der Waals surface area contributed by atoms with Gasteiger partial charge in [-0.2, -0.15) is 5.53 Å². The summed E-state index contributed by atoms with van der Waals surface area (Å²) >= 11 is 0. The number of carboxylic acid groups (broad SMARTS) is 1. The topological polar surface area (TPSA) is 73.4 Å². The molecule has 1 heterocycles. The van der Waals surface area contributed by atoms with Crippen molar-refractivity contribution < 1.29 is 9.90 Å². The van der Waals surface area contributed by atoms with Gasteiger partial charge in [0.1, 0.15) is 0 Å². The average molecular weight is 231 g/mol. The molecule has 0 atom stereocenters. The minimum Gasteiger partial charge on any atom is -0.483 e. The van der Waals surface area contributed by atoms with Gasteiger partial charge in [-0.3, -0.25) is 4.79 Å². The Labute approximate surface area is 97.9 Å². The van der Waals surface area contributed by atoms with E-state index < -0.39 is 0 Å². The molecule has 96 valence electrons. The number of nitrogens with one attached hydrogen (secondary N) is 3. The summed E-state index contributed by atoms with van der Waals surface area (Å²) < 4.78 is 0. The molecule has 1 saturated heterocycles. The number of hydrogen-bond donors (Lipinski definition) is 4. The average Bonchev–Trinajstić information content (AvgIpc) is 2.31. The first kappa shape index (κ1) is 15.3. The number of hydrazine groups is 2. The van der Waals surface area contributed by atoms with Gasteiger partial charge in [0.15, 0.2) is 0 Å². The van der Waals surface area contributed by atoms with E-state index in [0.29, 0.717) is 0 Å². The Morgan fingerprint density at radius 2 is 1.06 bits per heavy atom. The second kappa shape index (κ2) is 14.3. The predicted octanol–water partition coefficient (Wildman–Crippen LogP) is 1.42. The summed E-state index contributed by atoms with van der Waals surface area (Å²) in [5.74, 6) is 0. The largest absolute Gasteiger partial charge is 0.483 e. The van der Waals surface area contributed by atoms with Gasteiger partial charge in [0.05, 0.1) is 0 Å². The Balaban J connectivity index is 0.000000673. The number of rotatable bonds is 0. The molecule has 0 radical (unpaired) electrons. The molecule has 4 N–H and O–H groups in total. The van der Waals surface area contributed by atoms with Gasteiger partial charge in [-0.1, -0.05) is 38.5 Å². The molecule has 5 nitrogen and oxygen atoms in total.